The summed E-state index contributed by atoms with van der Waals surface area (Å²) >= 11 is 1.10. The minimum atomic E-state index is -3.55. The van der Waals surface area contributed by atoms with Gasteiger partial charge >= 0.3 is 0 Å². The van der Waals surface area contributed by atoms with Gasteiger partial charge in [0.2, 0.25) is 10.0 Å². The van der Waals surface area contributed by atoms with E-state index in [9.17, 15) is 8.42 Å². The van der Waals surface area contributed by atoms with E-state index >= 15 is 0 Å². The second-order valence-corrected chi connectivity index (χ2v) is 7.74. The molecule has 0 fully saturated rings. The minimum Gasteiger partial charge on any atom is -0.488 e. The first-order valence-corrected chi connectivity index (χ1v) is 8.87. The van der Waals surface area contributed by atoms with Gasteiger partial charge in [0.1, 0.15) is 16.1 Å². The third-order valence-corrected chi connectivity index (χ3v) is 6.20. The zero-order valence-corrected chi connectivity index (χ0v) is 12.8. The van der Waals surface area contributed by atoms with Gasteiger partial charge in [0.25, 0.3) is 0 Å². The van der Waals surface area contributed by atoms with Gasteiger partial charge in [0, 0.05) is 13.0 Å². The Kier molecular flexibility index (Phi) is 3.99. The van der Waals surface area contributed by atoms with Gasteiger partial charge in [-0.1, -0.05) is 18.2 Å². The van der Waals surface area contributed by atoms with Crippen molar-refractivity contribution in [2.24, 2.45) is 0 Å². The first-order chi connectivity index (χ1) is 10.1. The average molecular weight is 325 g/mol. The van der Waals surface area contributed by atoms with Crippen molar-refractivity contribution in [2.45, 2.75) is 23.3 Å². The molecule has 1 aliphatic heterocycles. The number of fused-ring (bicyclic) bond motifs is 1. The molecule has 3 rings (SSSR count). The number of aliphatic hydroxyl groups excluding tert-OH is 1. The molecule has 0 spiro atoms. The molecule has 1 atom stereocenters. The number of rotatable bonds is 5. The maximum Gasteiger partial charge on any atom is 0.250 e. The van der Waals surface area contributed by atoms with Crippen LogP contribution in [0.25, 0.3) is 0 Å². The van der Waals surface area contributed by atoms with Crippen molar-refractivity contribution in [3.05, 3.63) is 46.8 Å². The molecule has 2 N–H and O–H groups in total. The minimum absolute atomic E-state index is 0.160. The van der Waals surface area contributed by atoms with Crippen molar-refractivity contribution in [3.63, 3.8) is 0 Å². The highest BCUT2D eigenvalue weighted by Crippen LogP contribution is 2.28. The van der Waals surface area contributed by atoms with E-state index in [0.717, 1.165) is 22.6 Å². The summed E-state index contributed by atoms with van der Waals surface area (Å²) in [4.78, 5) is 0. The highest BCUT2D eigenvalue weighted by atomic mass is 32.2. The van der Waals surface area contributed by atoms with E-state index in [2.05, 4.69) is 4.72 Å². The summed E-state index contributed by atoms with van der Waals surface area (Å²) in [6, 6.07) is 9.19. The molecule has 2 heterocycles. The zero-order chi connectivity index (χ0) is 14.9. The van der Waals surface area contributed by atoms with E-state index in [0.29, 0.717) is 12.0 Å². The molecule has 1 aromatic heterocycles. The topological polar surface area (TPSA) is 75.6 Å². The van der Waals surface area contributed by atoms with Crippen LogP contribution in [0, 0.1) is 0 Å². The molecule has 2 aromatic rings. The summed E-state index contributed by atoms with van der Waals surface area (Å²) in [5, 5.41) is 10.6. The van der Waals surface area contributed by atoms with Crippen molar-refractivity contribution < 1.29 is 18.3 Å². The molecule has 1 aliphatic rings. The van der Waals surface area contributed by atoms with E-state index in [4.69, 9.17) is 9.84 Å². The molecular formula is C14H15NO4S2. The lowest BCUT2D eigenvalue weighted by Crippen LogP contribution is -2.34. The number of sulfonamides is 1. The summed E-state index contributed by atoms with van der Waals surface area (Å²) in [7, 11) is -3.55. The van der Waals surface area contributed by atoms with Crippen molar-refractivity contribution in [1.29, 1.82) is 0 Å². The van der Waals surface area contributed by atoms with Gasteiger partial charge in [0.15, 0.2) is 0 Å². The highest BCUT2D eigenvalue weighted by molar-refractivity contribution is 7.91. The van der Waals surface area contributed by atoms with Crippen LogP contribution in [0.2, 0.25) is 0 Å². The van der Waals surface area contributed by atoms with E-state index in [1.807, 2.05) is 24.3 Å². The summed E-state index contributed by atoms with van der Waals surface area (Å²) in [5.74, 6) is 0.820. The molecule has 0 aliphatic carbocycles. The number of hydrogen-bond donors (Lipinski definition) is 2. The summed E-state index contributed by atoms with van der Waals surface area (Å²) in [6.07, 6.45) is 0.514. The number of ether oxygens (including phenoxy) is 1. The Balaban J connectivity index is 1.63. The largest absolute Gasteiger partial charge is 0.488 e. The predicted molar refractivity (Wildman–Crippen MR) is 80.0 cm³/mol. The third kappa shape index (κ3) is 3.11. The number of thiophene rings is 1. The fourth-order valence-corrected chi connectivity index (χ4v) is 4.53. The first-order valence-electron chi connectivity index (χ1n) is 6.51. The maximum absolute atomic E-state index is 12.2. The summed E-state index contributed by atoms with van der Waals surface area (Å²) < 4.78 is 32.8. The number of para-hydroxylation sites is 1. The average Bonchev–Trinajstić information content (AvgIpc) is 3.11. The van der Waals surface area contributed by atoms with Crippen LogP contribution < -0.4 is 9.46 Å². The molecule has 0 amide bonds. The van der Waals surface area contributed by atoms with E-state index < -0.39 is 10.0 Å². The fraction of sp³-hybridized carbons (Fsp3) is 0.286. The maximum atomic E-state index is 12.2. The second kappa shape index (κ2) is 5.76. The van der Waals surface area contributed by atoms with Crippen molar-refractivity contribution >= 4 is 21.4 Å². The van der Waals surface area contributed by atoms with Crippen molar-refractivity contribution in [2.75, 3.05) is 6.54 Å². The molecule has 0 bridgehead atoms. The van der Waals surface area contributed by atoms with E-state index in [-0.39, 0.29) is 23.5 Å². The van der Waals surface area contributed by atoms with Gasteiger partial charge in [-0.2, -0.15) is 0 Å². The summed E-state index contributed by atoms with van der Waals surface area (Å²) in [5.41, 5.74) is 1.70. The molecule has 1 unspecified atom stereocenters. The summed E-state index contributed by atoms with van der Waals surface area (Å²) in [6.45, 7) is 0.0659. The highest BCUT2D eigenvalue weighted by Gasteiger charge is 2.25. The molecule has 112 valence electrons. The lowest BCUT2D eigenvalue weighted by atomic mass is 10.1. The monoisotopic (exact) mass is 325 g/mol. The smallest absolute Gasteiger partial charge is 0.250 e. The molecule has 0 saturated heterocycles. The number of benzene rings is 1. The number of nitrogens with one attached hydrogen (secondary N) is 1. The van der Waals surface area contributed by atoms with Crippen LogP contribution in [0.1, 0.15) is 11.1 Å². The Morgan fingerprint density at radius 3 is 2.90 bits per heavy atom. The van der Waals surface area contributed by atoms with E-state index in [1.54, 1.807) is 5.38 Å². The van der Waals surface area contributed by atoms with Crippen LogP contribution in [-0.4, -0.2) is 26.2 Å². The zero-order valence-electron chi connectivity index (χ0n) is 11.2. The Hall–Kier alpha value is -1.41. The SMILES string of the molecule is O=S(=O)(NCC1Cc2ccccc2O1)c1cc(CO)cs1. The molecular weight excluding hydrogens is 310 g/mol. The quantitative estimate of drug-likeness (QED) is 0.874. The van der Waals surface area contributed by atoms with Crippen LogP contribution >= 0.6 is 11.3 Å². The van der Waals surface area contributed by atoms with Crippen molar-refractivity contribution in [3.8, 4) is 5.75 Å². The lowest BCUT2D eigenvalue weighted by molar-refractivity contribution is 0.236. The first kappa shape index (κ1) is 14.5. The van der Waals surface area contributed by atoms with Gasteiger partial charge in [-0.05, 0) is 28.6 Å². The van der Waals surface area contributed by atoms with Crippen LogP contribution in [-0.2, 0) is 23.1 Å². The Morgan fingerprint density at radius 2 is 2.19 bits per heavy atom. The Labute approximate surface area is 127 Å². The van der Waals surface area contributed by atoms with Crippen LogP contribution in [0.5, 0.6) is 5.75 Å². The van der Waals surface area contributed by atoms with Gasteiger partial charge in [-0.15, -0.1) is 11.3 Å². The van der Waals surface area contributed by atoms with Gasteiger partial charge in [-0.3, -0.25) is 0 Å². The molecule has 0 saturated carbocycles. The lowest BCUT2D eigenvalue weighted by Gasteiger charge is -2.11. The van der Waals surface area contributed by atoms with Crippen molar-refractivity contribution in [1.82, 2.24) is 4.72 Å². The van der Waals surface area contributed by atoms with Gasteiger partial charge in [0.05, 0.1) is 6.61 Å². The molecule has 0 radical (unpaired) electrons. The molecule has 5 nitrogen and oxygen atoms in total. The standard InChI is InChI=1S/C14H15NO4S2/c16-8-10-5-14(20-9-10)21(17,18)15-7-12-6-11-3-1-2-4-13(11)19-12/h1-5,9,12,15-16H,6-8H2. The predicted octanol–water partition coefficient (Wildman–Crippen LogP) is 1.52. The fourth-order valence-electron chi connectivity index (χ4n) is 2.22. The molecule has 7 heteroatoms. The van der Waals surface area contributed by atoms with Gasteiger partial charge < -0.3 is 9.84 Å². The Bertz CT molecular complexity index is 714. The third-order valence-electron chi connectivity index (χ3n) is 3.29. The number of aliphatic hydroxyl groups is 1. The van der Waals surface area contributed by atoms with Crippen LogP contribution in [0.3, 0.4) is 0 Å². The molecule has 1 aromatic carbocycles. The van der Waals surface area contributed by atoms with E-state index in [1.165, 1.54) is 6.07 Å². The molecule has 21 heavy (non-hydrogen) atoms. The number of hydrogen-bond acceptors (Lipinski definition) is 5. The van der Waals surface area contributed by atoms with Crippen LogP contribution in [0.15, 0.2) is 39.9 Å². The second-order valence-electron chi connectivity index (χ2n) is 4.84. The normalized spacial score (nSPS) is 17.5. The Morgan fingerprint density at radius 1 is 1.38 bits per heavy atom. The van der Waals surface area contributed by atoms with Gasteiger partial charge in [-0.25, -0.2) is 13.1 Å². The van der Waals surface area contributed by atoms with Crippen LogP contribution in [0.4, 0.5) is 0 Å².